The topological polar surface area (TPSA) is 58.1 Å². The summed E-state index contributed by atoms with van der Waals surface area (Å²) in [6.45, 7) is 2.40. The Hall–Kier alpha value is -1.43. The molecule has 0 aromatic carbocycles. The molecule has 0 aliphatic carbocycles. The number of rotatable bonds is 4. The van der Waals surface area contributed by atoms with E-state index in [0.717, 1.165) is 6.20 Å². The summed E-state index contributed by atoms with van der Waals surface area (Å²) in [7, 11) is 1.66. The lowest BCUT2D eigenvalue weighted by molar-refractivity contribution is -0.127. The molecular weight excluding hydrogens is 235 g/mol. The lowest BCUT2D eigenvalue weighted by Gasteiger charge is -2.14. The van der Waals surface area contributed by atoms with Crippen molar-refractivity contribution in [3.05, 3.63) is 17.3 Å². The molecule has 5 nitrogen and oxygen atoms in total. The van der Waals surface area contributed by atoms with Crippen LogP contribution in [0.25, 0.3) is 0 Å². The minimum Gasteiger partial charge on any atom is -0.358 e. The largest absolute Gasteiger partial charge is 0.358 e. The van der Waals surface area contributed by atoms with Crippen molar-refractivity contribution >= 4 is 23.3 Å². The van der Waals surface area contributed by atoms with Crippen LogP contribution < -0.4 is 5.32 Å². The summed E-state index contributed by atoms with van der Waals surface area (Å²) in [5, 5.41) is 2.50. The molecule has 1 aromatic rings. The van der Waals surface area contributed by atoms with Crippen LogP contribution in [0.4, 0.5) is 10.2 Å². The standard InChI is InChI=1S/C9H12ClFN4O/c1-3-15(2)7(16)5-12-8-6(11)4-13-9(10)14-8/h4H,3,5H2,1-2H3,(H,12,13,14). The summed E-state index contributed by atoms with van der Waals surface area (Å²) in [6, 6.07) is 0. The summed E-state index contributed by atoms with van der Waals surface area (Å²) in [6.07, 6.45) is 0.950. The van der Waals surface area contributed by atoms with Gasteiger partial charge in [-0.2, -0.15) is 4.98 Å². The van der Waals surface area contributed by atoms with Crippen molar-refractivity contribution in [3.63, 3.8) is 0 Å². The first-order valence-electron chi connectivity index (χ1n) is 4.70. The zero-order chi connectivity index (χ0) is 12.1. The average molecular weight is 247 g/mol. The second-order valence-corrected chi connectivity index (χ2v) is 3.44. The van der Waals surface area contributed by atoms with E-state index in [2.05, 4.69) is 15.3 Å². The van der Waals surface area contributed by atoms with Crippen molar-refractivity contribution < 1.29 is 9.18 Å². The number of nitrogens with one attached hydrogen (secondary N) is 1. The van der Waals surface area contributed by atoms with Crippen molar-refractivity contribution in [1.82, 2.24) is 14.9 Å². The van der Waals surface area contributed by atoms with Crippen LogP contribution in [-0.4, -0.2) is 40.9 Å². The van der Waals surface area contributed by atoms with Gasteiger partial charge in [-0.3, -0.25) is 4.79 Å². The number of carbonyl (C=O) groups excluding carboxylic acids is 1. The van der Waals surface area contributed by atoms with Gasteiger partial charge in [0.25, 0.3) is 0 Å². The highest BCUT2D eigenvalue weighted by molar-refractivity contribution is 6.28. The molecule has 0 fully saturated rings. The van der Waals surface area contributed by atoms with Crippen LogP contribution in [0.2, 0.25) is 5.28 Å². The predicted octanol–water partition coefficient (Wildman–Crippen LogP) is 1.16. The number of aromatic nitrogens is 2. The molecule has 1 heterocycles. The number of likely N-dealkylation sites (N-methyl/N-ethyl adjacent to an activating group) is 1. The Morgan fingerprint density at radius 2 is 2.38 bits per heavy atom. The molecule has 1 N–H and O–H groups in total. The van der Waals surface area contributed by atoms with Gasteiger partial charge in [0.15, 0.2) is 11.6 Å². The Bertz CT molecular complexity index is 388. The first kappa shape index (κ1) is 12.6. The first-order chi connectivity index (χ1) is 7.54. The van der Waals surface area contributed by atoms with Crippen LogP contribution in [0.3, 0.4) is 0 Å². The molecule has 88 valence electrons. The molecule has 0 aliphatic heterocycles. The Kier molecular flexibility index (Phi) is 4.42. The van der Waals surface area contributed by atoms with E-state index in [0.29, 0.717) is 6.54 Å². The molecular formula is C9H12ClFN4O. The van der Waals surface area contributed by atoms with E-state index in [1.165, 1.54) is 4.90 Å². The Morgan fingerprint density at radius 3 is 3.00 bits per heavy atom. The highest BCUT2D eigenvalue weighted by Gasteiger charge is 2.09. The molecule has 16 heavy (non-hydrogen) atoms. The maximum atomic E-state index is 13.1. The van der Waals surface area contributed by atoms with Crippen molar-refractivity contribution in [1.29, 1.82) is 0 Å². The molecule has 0 bridgehead atoms. The minimum absolute atomic E-state index is 0.0331. The highest BCUT2D eigenvalue weighted by atomic mass is 35.5. The Balaban J connectivity index is 2.61. The van der Waals surface area contributed by atoms with Crippen LogP contribution in [0, 0.1) is 5.82 Å². The second kappa shape index (κ2) is 5.60. The maximum absolute atomic E-state index is 13.1. The highest BCUT2D eigenvalue weighted by Crippen LogP contribution is 2.11. The van der Waals surface area contributed by atoms with Gasteiger partial charge in [0.05, 0.1) is 12.7 Å². The third-order valence-corrected chi connectivity index (χ3v) is 2.20. The SMILES string of the molecule is CCN(C)C(=O)CNc1nc(Cl)ncc1F. The smallest absolute Gasteiger partial charge is 0.241 e. The van der Waals surface area contributed by atoms with Crippen molar-refractivity contribution in [2.75, 3.05) is 25.5 Å². The quantitative estimate of drug-likeness (QED) is 0.810. The minimum atomic E-state index is -0.642. The zero-order valence-electron chi connectivity index (χ0n) is 9.00. The zero-order valence-corrected chi connectivity index (χ0v) is 9.75. The molecule has 0 aliphatic rings. The number of hydrogen-bond donors (Lipinski definition) is 1. The number of amides is 1. The predicted molar refractivity (Wildman–Crippen MR) is 58.8 cm³/mol. The van der Waals surface area contributed by atoms with Gasteiger partial charge in [-0.15, -0.1) is 0 Å². The normalized spacial score (nSPS) is 10.0. The van der Waals surface area contributed by atoms with Gasteiger partial charge < -0.3 is 10.2 Å². The molecule has 1 aromatic heterocycles. The summed E-state index contributed by atoms with van der Waals surface area (Å²) < 4.78 is 13.1. The molecule has 1 rings (SSSR count). The van der Waals surface area contributed by atoms with E-state index >= 15 is 0 Å². The number of hydrogen-bond acceptors (Lipinski definition) is 4. The van der Waals surface area contributed by atoms with Gasteiger partial charge in [0.1, 0.15) is 0 Å². The van der Waals surface area contributed by atoms with Crippen molar-refractivity contribution in [2.24, 2.45) is 0 Å². The van der Waals surface area contributed by atoms with E-state index in [1.54, 1.807) is 7.05 Å². The molecule has 0 atom stereocenters. The average Bonchev–Trinajstić information content (AvgIpc) is 2.28. The van der Waals surface area contributed by atoms with E-state index in [1.807, 2.05) is 6.92 Å². The number of carbonyl (C=O) groups is 1. The molecule has 0 radical (unpaired) electrons. The van der Waals surface area contributed by atoms with Gasteiger partial charge in [-0.25, -0.2) is 9.37 Å². The number of nitrogens with zero attached hydrogens (tertiary/aromatic N) is 3. The third-order valence-electron chi connectivity index (χ3n) is 2.02. The van der Waals surface area contributed by atoms with E-state index in [4.69, 9.17) is 11.6 Å². The summed E-state index contributed by atoms with van der Waals surface area (Å²) in [4.78, 5) is 20.0. The molecule has 0 spiro atoms. The molecule has 1 amide bonds. The maximum Gasteiger partial charge on any atom is 0.241 e. The van der Waals surface area contributed by atoms with Gasteiger partial charge in [0, 0.05) is 13.6 Å². The van der Waals surface area contributed by atoms with Gasteiger partial charge in [-0.1, -0.05) is 0 Å². The lowest BCUT2D eigenvalue weighted by Crippen LogP contribution is -2.32. The van der Waals surface area contributed by atoms with E-state index in [-0.39, 0.29) is 23.6 Å². The lowest BCUT2D eigenvalue weighted by atomic mass is 10.4. The van der Waals surface area contributed by atoms with Crippen LogP contribution >= 0.6 is 11.6 Å². The first-order valence-corrected chi connectivity index (χ1v) is 5.08. The van der Waals surface area contributed by atoms with Crippen molar-refractivity contribution in [3.8, 4) is 0 Å². The fraction of sp³-hybridized carbons (Fsp3) is 0.444. The monoisotopic (exact) mass is 246 g/mol. The number of anilines is 1. The molecule has 0 unspecified atom stereocenters. The fourth-order valence-electron chi connectivity index (χ4n) is 0.940. The van der Waals surface area contributed by atoms with E-state index < -0.39 is 5.82 Å². The van der Waals surface area contributed by atoms with Crippen LogP contribution in [0.5, 0.6) is 0 Å². The van der Waals surface area contributed by atoms with Crippen LogP contribution in [0.15, 0.2) is 6.20 Å². The summed E-state index contributed by atoms with van der Waals surface area (Å²) >= 11 is 5.50. The van der Waals surface area contributed by atoms with Gasteiger partial charge in [0.2, 0.25) is 11.2 Å². The van der Waals surface area contributed by atoms with E-state index in [9.17, 15) is 9.18 Å². The third kappa shape index (κ3) is 3.30. The molecule has 7 heteroatoms. The van der Waals surface area contributed by atoms with Crippen molar-refractivity contribution in [2.45, 2.75) is 6.92 Å². The second-order valence-electron chi connectivity index (χ2n) is 3.10. The Morgan fingerprint density at radius 1 is 1.69 bits per heavy atom. The van der Waals surface area contributed by atoms with Crippen LogP contribution in [0.1, 0.15) is 6.92 Å². The number of halogens is 2. The molecule has 0 saturated carbocycles. The molecule has 0 saturated heterocycles. The summed E-state index contributed by atoms with van der Waals surface area (Å²) in [5.41, 5.74) is 0. The Labute approximate surface area is 97.6 Å². The summed E-state index contributed by atoms with van der Waals surface area (Å²) in [5.74, 6) is -0.870. The van der Waals surface area contributed by atoms with Gasteiger partial charge >= 0.3 is 0 Å². The fourth-order valence-corrected chi connectivity index (χ4v) is 1.07. The van der Waals surface area contributed by atoms with Crippen LogP contribution in [-0.2, 0) is 4.79 Å². The van der Waals surface area contributed by atoms with Gasteiger partial charge in [-0.05, 0) is 18.5 Å².